The number of ether oxygens (including phenoxy) is 1. The van der Waals surface area contributed by atoms with E-state index in [0.717, 1.165) is 18.2 Å². The van der Waals surface area contributed by atoms with Crippen LogP contribution < -0.4 is 10.4 Å². The van der Waals surface area contributed by atoms with E-state index in [1.807, 2.05) is 25.1 Å². The molecule has 158 valence electrons. The van der Waals surface area contributed by atoms with E-state index < -0.39 is 5.60 Å². The largest absolute Gasteiger partial charge is 0.489 e. The van der Waals surface area contributed by atoms with Gasteiger partial charge in [-0.25, -0.2) is 4.79 Å². The van der Waals surface area contributed by atoms with Gasteiger partial charge in [0.2, 0.25) is 0 Å². The zero-order chi connectivity index (χ0) is 21.2. The van der Waals surface area contributed by atoms with Gasteiger partial charge in [-0.15, -0.1) is 0 Å². The van der Waals surface area contributed by atoms with Crippen molar-refractivity contribution in [1.29, 1.82) is 0 Å². The Hall–Kier alpha value is -2.11. The van der Waals surface area contributed by atoms with Gasteiger partial charge in [0.05, 0.1) is 11.7 Å². The van der Waals surface area contributed by atoms with E-state index in [1.54, 1.807) is 12.1 Å². The molecular formula is C24H32O5. The van der Waals surface area contributed by atoms with Crippen molar-refractivity contribution in [3.63, 3.8) is 0 Å². The fourth-order valence-corrected chi connectivity index (χ4v) is 4.58. The summed E-state index contributed by atoms with van der Waals surface area (Å²) in [6.07, 6.45) is 4.59. The standard InChI is InChI=1S/C24H32O5/c1-16(5-9-20-23(2,3)21(25)11-13-24(20,4)27)12-14-28-18-8-6-17-7-10-22(26)29-19(17)15-18/h6-8,10,12,15,20-21,25,27H,5,9,11,13-14H2,1-4H3. The van der Waals surface area contributed by atoms with Gasteiger partial charge in [-0.1, -0.05) is 19.4 Å². The number of fused-ring (bicyclic) bond motifs is 1. The van der Waals surface area contributed by atoms with Crippen LogP contribution in [0.25, 0.3) is 11.0 Å². The highest BCUT2D eigenvalue weighted by molar-refractivity contribution is 5.77. The van der Waals surface area contributed by atoms with Crippen molar-refractivity contribution in [1.82, 2.24) is 0 Å². The summed E-state index contributed by atoms with van der Waals surface area (Å²) in [5.41, 5.74) is 0.249. The molecular weight excluding hydrogens is 368 g/mol. The second kappa shape index (κ2) is 8.33. The summed E-state index contributed by atoms with van der Waals surface area (Å²) in [7, 11) is 0. The summed E-state index contributed by atoms with van der Waals surface area (Å²) < 4.78 is 11.0. The van der Waals surface area contributed by atoms with Crippen molar-refractivity contribution in [2.45, 2.75) is 65.1 Å². The fourth-order valence-electron chi connectivity index (χ4n) is 4.58. The Morgan fingerprint density at radius 2 is 2.00 bits per heavy atom. The molecule has 1 fully saturated rings. The highest BCUT2D eigenvalue weighted by atomic mass is 16.5. The third-order valence-corrected chi connectivity index (χ3v) is 6.54. The average Bonchev–Trinajstić information content (AvgIpc) is 2.64. The van der Waals surface area contributed by atoms with Gasteiger partial charge < -0.3 is 19.4 Å². The van der Waals surface area contributed by atoms with Crippen molar-refractivity contribution in [2.24, 2.45) is 11.3 Å². The molecule has 0 saturated heterocycles. The molecule has 0 amide bonds. The molecule has 3 rings (SSSR count). The molecule has 5 nitrogen and oxygen atoms in total. The van der Waals surface area contributed by atoms with Crippen LogP contribution in [0.5, 0.6) is 5.75 Å². The number of benzene rings is 1. The molecule has 2 aromatic rings. The lowest BCUT2D eigenvalue weighted by Gasteiger charge is -2.51. The predicted molar refractivity (Wildman–Crippen MR) is 114 cm³/mol. The third kappa shape index (κ3) is 4.90. The molecule has 0 radical (unpaired) electrons. The van der Waals surface area contributed by atoms with Crippen LogP contribution in [0.2, 0.25) is 0 Å². The molecule has 5 heteroatoms. The zero-order valence-corrected chi connectivity index (χ0v) is 17.8. The summed E-state index contributed by atoms with van der Waals surface area (Å²) in [6.45, 7) is 8.48. The highest BCUT2D eigenvalue weighted by Gasteiger charge is 2.49. The first-order chi connectivity index (χ1) is 13.6. The van der Waals surface area contributed by atoms with Crippen LogP contribution in [-0.2, 0) is 0 Å². The quantitative estimate of drug-likeness (QED) is 0.553. The number of aliphatic hydroxyl groups is 2. The van der Waals surface area contributed by atoms with Crippen molar-refractivity contribution < 1.29 is 19.4 Å². The molecule has 29 heavy (non-hydrogen) atoms. The number of hydrogen-bond acceptors (Lipinski definition) is 5. The molecule has 3 atom stereocenters. The number of rotatable bonds is 6. The van der Waals surface area contributed by atoms with E-state index in [4.69, 9.17) is 9.15 Å². The van der Waals surface area contributed by atoms with E-state index in [-0.39, 0.29) is 23.1 Å². The van der Waals surface area contributed by atoms with Crippen molar-refractivity contribution in [3.8, 4) is 5.75 Å². The summed E-state index contributed by atoms with van der Waals surface area (Å²) in [4.78, 5) is 11.4. The molecule has 1 heterocycles. The lowest BCUT2D eigenvalue weighted by Crippen LogP contribution is -2.53. The van der Waals surface area contributed by atoms with Gasteiger partial charge in [0, 0.05) is 17.5 Å². The molecule has 3 unspecified atom stereocenters. The molecule has 1 aliphatic carbocycles. The van der Waals surface area contributed by atoms with Crippen molar-refractivity contribution in [3.05, 3.63) is 52.4 Å². The minimum Gasteiger partial charge on any atom is -0.489 e. The maximum atomic E-state index is 11.4. The average molecular weight is 401 g/mol. The Morgan fingerprint density at radius 3 is 2.76 bits per heavy atom. The van der Waals surface area contributed by atoms with Gasteiger partial charge >= 0.3 is 5.63 Å². The van der Waals surface area contributed by atoms with E-state index in [9.17, 15) is 15.0 Å². The Morgan fingerprint density at radius 1 is 1.28 bits per heavy atom. The van der Waals surface area contributed by atoms with Gasteiger partial charge in [-0.05, 0) is 75.1 Å². The second-order valence-corrected chi connectivity index (χ2v) is 9.14. The Balaban J connectivity index is 1.58. The lowest BCUT2D eigenvalue weighted by molar-refractivity contribution is -0.145. The maximum absolute atomic E-state index is 11.4. The van der Waals surface area contributed by atoms with Crippen molar-refractivity contribution in [2.75, 3.05) is 6.61 Å². The van der Waals surface area contributed by atoms with Crippen LogP contribution in [0.4, 0.5) is 0 Å². The van der Waals surface area contributed by atoms with Gasteiger partial charge in [0.15, 0.2) is 0 Å². The summed E-state index contributed by atoms with van der Waals surface area (Å²) in [5.74, 6) is 0.682. The van der Waals surface area contributed by atoms with Crippen LogP contribution in [0.15, 0.2) is 51.2 Å². The first kappa shape index (κ1) is 21.6. The number of hydrogen-bond donors (Lipinski definition) is 2. The summed E-state index contributed by atoms with van der Waals surface area (Å²) in [6, 6.07) is 8.58. The molecule has 1 aliphatic rings. The first-order valence-corrected chi connectivity index (χ1v) is 10.3. The zero-order valence-electron chi connectivity index (χ0n) is 17.8. The third-order valence-electron chi connectivity index (χ3n) is 6.54. The maximum Gasteiger partial charge on any atom is 0.336 e. The Kier molecular flexibility index (Phi) is 6.20. The van der Waals surface area contributed by atoms with E-state index >= 15 is 0 Å². The highest BCUT2D eigenvalue weighted by Crippen LogP contribution is 2.48. The van der Waals surface area contributed by atoms with Crippen LogP contribution in [-0.4, -0.2) is 28.5 Å². The molecule has 2 N–H and O–H groups in total. The minimum absolute atomic E-state index is 0.0337. The van der Waals surface area contributed by atoms with E-state index in [1.165, 1.54) is 11.6 Å². The Labute approximate surface area is 172 Å². The molecule has 1 aromatic heterocycles. The number of allylic oxidation sites excluding steroid dienone is 1. The second-order valence-electron chi connectivity index (χ2n) is 9.14. The van der Waals surface area contributed by atoms with Crippen LogP contribution in [0, 0.1) is 11.3 Å². The Bertz CT molecular complexity index is 938. The first-order valence-electron chi connectivity index (χ1n) is 10.3. The molecule has 0 aliphatic heterocycles. The minimum atomic E-state index is -0.755. The SMILES string of the molecule is CC(=CCOc1ccc2ccc(=O)oc2c1)CCC1C(C)(O)CCC(O)C1(C)C. The smallest absolute Gasteiger partial charge is 0.336 e. The summed E-state index contributed by atoms with van der Waals surface area (Å²) >= 11 is 0. The lowest BCUT2D eigenvalue weighted by atomic mass is 9.59. The molecule has 0 bridgehead atoms. The topological polar surface area (TPSA) is 79.9 Å². The van der Waals surface area contributed by atoms with Crippen LogP contribution in [0.1, 0.15) is 53.4 Å². The van der Waals surface area contributed by atoms with Crippen LogP contribution >= 0.6 is 0 Å². The molecule has 0 spiro atoms. The van der Waals surface area contributed by atoms with E-state index in [0.29, 0.717) is 30.8 Å². The van der Waals surface area contributed by atoms with E-state index in [2.05, 4.69) is 20.8 Å². The fraction of sp³-hybridized carbons (Fsp3) is 0.542. The van der Waals surface area contributed by atoms with Gasteiger partial charge in [-0.2, -0.15) is 0 Å². The van der Waals surface area contributed by atoms with Gasteiger partial charge in [-0.3, -0.25) is 0 Å². The molecule has 1 saturated carbocycles. The van der Waals surface area contributed by atoms with Gasteiger partial charge in [0.1, 0.15) is 17.9 Å². The normalized spacial score (nSPS) is 27.2. The van der Waals surface area contributed by atoms with Crippen LogP contribution in [0.3, 0.4) is 0 Å². The van der Waals surface area contributed by atoms with Gasteiger partial charge in [0.25, 0.3) is 0 Å². The van der Waals surface area contributed by atoms with Crippen molar-refractivity contribution >= 4 is 11.0 Å². The molecule has 1 aromatic carbocycles. The predicted octanol–water partition coefficient (Wildman–Crippen LogP) is 4.45. The number of aliphatic hydroxyl groups excluding tert-OH is 1. The summed E-state index contributed by atoms with van der Waals surface area (Å²) in [5, 5.41) is 22.1. The monoisotopic (exact) mass is 400 g/mol.